The summed E-state index contributed by atoms with van der Waals surface area (Å²) in [5, 5.41) is 13.5. The number of carboxylic acids is 1. The van der Waals surface area contributed by atoms with Crippen LogP contribution in [0.3, 0.4) is 0 Å². The summed E-state index contributed by atoms with van der Waals surface area (Å²) >= 11 is 1.58. The van der Waals surface area contributed by atoms with Crippen LogP contribution in [0.5, 0.6) is 5.75 Å². The van der Waals surface area contributed by atoms with Gasteiger partial charge in [0.1, 0.15) is 11.8 Å². The summed E-state index contributed by atoms with van der Waals surface area (Å²) in [4.78, 5) is 12.7. The quantitative estimate of drug-likeness (QED) is 0.369. The van der Waals surface area contributed by atoms with E-state index in [1.165, 1.54) is 6.07 Å². The first-order valence-electron chi connectivity index (χ1n) is 13.3. The number of rotatable bonds is 9. The number of ether oxygens (including phenoxy) is 1. The fourth-order valence-corrected chi connectivity index (χ4v) is 7.13. The van der Waals surface area contributed by atoms with E-state index in [1.54, 1.807) is 65.5 Å². The predicted octanol–water partition coefficient (Wildman–Crippen LogP) is 5.11. The lowest BCUT2D eigenvalue weighted by atomic mass is 9.86. The van der Waals surface area contributed by atoms with Crippen LogP contribution in [0.15, 0.2) is 65.6 Å². The normalized spacial score (nSPS) is 17.2. The first-order chi connectivity index (χ1) is 19.1. The second-order valence-corrected chi connectivity index (χ2v) is 14.0. The molecule has 1 N–H and O–H groups in total. The van der Waals surface area contributed by atoms with Crippen molar-refractivity contribution < 1.29 is 27.4 Å². The van der Waals surface area contributed by atoms with Gasteiger partial charge in [0.05, 0.1) is 27.2 Å². The van der Waals surface area contributed by atoms with Crippen LogP contribution in [0.25, 0.3) is 5.69 Å². The summed E-state index contributed by atoms with van der Waals surface area (Å²) in [5.41, 5.74) is 1.26. The fraction of sp³-hybridized carbons (Fsp3) is 0.414. The van der Waals surface area contributed by atoms with E-state index in [2.05, 4.69) is 0 Å². The summed E-state index contributed by atoms with van der Waals surface area (Å²) < 4.78 is 48.5. The summed E-state index contributed by atoms with van der Waals surface area (Å²) in [6, 6.07) is 16.2. The van der Waals surface area contributed by atoms with Gasteiger partial charge in [0, 0.05) is 25.9 Å². The van der Waals surface area contributed by atoms with Gasteiger partial charge in [-0.25, -0.2) is 18.2 Å². The number of aliphatic carboxylic acids is 1. The van der Waals surface area contributed by atoms with Gasteiger partial charge in [0.15, 0.2) is 21.4 Å². The number of carbonyl (C=O) groups is 1. The van der Waals surface area contributed by atoms with Crippen molar-refractivity contribution in [3.63, 3.8) is 0 Å². The van der Waals surface area contributed by atoms with Crippen LogP contribution in [-0.4, -0.2) is 65.5 Å². The molecule has 214 valence electrons. The monoisotopic (exact) mass is 587 g/mol. The maximum absolute atomic E-state index is 14.9. The average molecular weight is 588 g/mol. The van der Waals surface area contributed by atoms with Gasteiger partial charge in [-0.15, -0.1) is 0 Å². The number of sulfone groups is 1. The Balaban J connectivity index is 1.47. The number of halogens is 1. The predicted molar refractivity (Wildman–Crippen MR) is 155 cm³/mol. The molecule has 0 bridgehead atoms. The summed E-state index contributed by atoms with van der Waals surface area (Å²) in [7, 11) is -3.47. The molecule has 8 nitrogen and oxygen atoms in total. The van der Waals surface area contributed by atoms with Crippen LogP contribution in [-0.2, 0) is 20.2 Å². The minimum absolute atomic E-state index is 0.205. The zero-order chi connectivity index (χ0) is 28.7. The Labute approximate surface area is 238 Å². The van der Waals surface area contributed by atoms with Crippen molar-refractivity contribution in [2.45, 2.75) is 54.9 Å². The molecular weight excluding hydrogens is 553 g/mol. The van der Waals surface area contributed by atoms with Crippen molar-refractivity contribution in [3.05, 3.63) is 72.3 Å². The van der Waals surface area contributed by atoms with Gasteiger partial charge in [-0.3, -0.25) is 9.58 Å². The topological polar surface area (TPSA) is 92.1 Å². The summed E-state index contributed by atoms with van der Waals surface area (Å²) in [5.74, 6) is -0.0426. The third kappa shape index (κ3) is 4.99. The first-order valence-corrected chi connectivity index (χ1v) is 16.3. The molecule has 1 saturated heterocycles. The zero-order valence-corrected chi connectivity index (χ0v) is 24.4. The number of carboxylic acid groups (broad SMARTS) is 1. The van der Waals surface area contributed by atoms with Gasteiger partial charge in [-0.05, 0) is 80.8 Å². The smallest absolute Gasteiger partial charge is 0.327 e. The Kier molecular flexibility index (Phi) is 7.91. The highest BCUT2D eigenvalue weighted by molar-refractivity contribution is 7.98. The fourth-order valence-electron chi connectivity index (χ4n) is 5.61. The number of aromatic nitrogens is 1. The third-order valence-corrected chi connectivity index (χ3v) is 10.6. The number of nitrogens with zero attached hydrogens (tertiary/aromatic N) is 3. The Bertz CT molecular complexity index is 1480. The van der Waals surface area contributed by atoms with Crippen LogP contribution < -0.4 is 9.75 Å². The third-order valence-electron chi connectivity index (χ3n) is 7.79. The molecule has 5 rings (SSSR count). The van der Waals surface area contributed by atoms with E-state index >= 15 is 0 Å². The van der Waals surface area contributed by atoms with E-state index in [0.29, 0.717) is 55.2 Å². The van der Waals surface area contributed by atoms with Crippen molar-refractivity contribution in [2.24, 2.45) is 0 Å². The Morgan fingerprint density at radius 1 is 1.10 bits per heavy atom. The largest absolute Gasteiger partial charge is 0.480 e. The molecule has 1 fully saturated rings. The molecule has 3 heterocycles. The Morgan fingerprint density at radius 3 is 2.40 bits per heavy atom. The molecule has 11 heteroatoms. The number of hydrogen-bond donors (Lipinski definition) is 1. The minimum atomic E-state index is -3.47. The molecular formula is C29H34FN3O5S2. The van der Waals surface area contributed by atoms with E-state index in [4.69, 9.17) is 4.74 Å². The molecule has 0 saturated carbocycles. The van der Waals surface area contributed by atoms with Crippen LogP contribution in [0.1, 0.15) is 38.8 Å². The van der Waals surface area contributed by atoms with Gasteiger partial charge in [-0.2, -0.15) is 16.2 Å². The van der Waals surface area contributed by atoms with Crippen LogP contribution in [0.4, 0.5) is 10.1 Å². The minimum Gasteiger partial charge on any atom is -0.480 e. The second kappa shape index (κ2) is 11.1. The maximum Gasteiger partial charge on any atom is 0.327 e. The molecule has 0 unspecified atom stereocenters. The zero-order valence-electron chi connectivity index (χ0n) is 22.8. The van der Waals surface area contributed by atoms with Gasteiger partial charge in [-0.1, -0.05) is 12.1 Å². The molecule has 3 aromatic rings. The number of benzene rings is 2. The van der Waals surface area contributed by atoms with E-state index in [0.717, 1.165) is 5.69 Å². The van der Waals surface area contributed by atoms with E-state index < -0.39 is 32.7 Å². The molecule has 0 amide bonds. The number of hydrogen-bond acceptors (Lipinski definition) is 7. The number of anilines is 1. The van der Waals surface area contributed by atoms with Crippen LogP contribution in [0.2, 0.25) is 0 Å². The molecule has 0 aliphatic carbocycles. The standard InChI is InChI=1S/C29H34FN3O5S2/c1-20(2)40(36,37)22-10-8-21(9-11-22)33(24(28(34)35)14-19-39-3)31-17-15-29(16-18-31)26-12-13-27(30)32(26)23-6-4-5-7-25(23)38-29/h4-13,20,24H,14-19H2,1-3H3,(H,34,35)/t24-/m0/s1. The maximum atomic E-state index is 14.9. The Hall–Kier alpha value is -3.02. The lowest BCUT2D eigenvalue weighted by Gasteiger charge is -2.49. The van der Waals surface area contributed by atoms with E-state index in [9.17, 15) is 22.7 Å². The number of hydrazine groups is 1. The summed E-state index contributed by atoms with van der Waals surface area (Å²) in [6.07, 6.45) is 3.36. The average Bonchev–Trinajstić information content (AvgIpc) is 3.34. The second-order valence-electron chi connectivity index (χ2n) is 10.5. The molecule has 2 aliphatic heterocycles. The Morgan fingerprint density at radius 2 is 1.77 bits per heavy atom. The molecule has 1 aromatic heterocycles. The highest BCUT2D eigenvalue weighted by Gasteiger charge is 2.46. The number of piperidine rings is 1. The van der Waals surface area contributed by atoms with Crippen molar-refractivity contribution in [1.29, 1.82) is 0 Å². The molecule has 2 aromatic carbocycles. The van der Waals surface area contributed by atoms with Crippen molar-refractivity contribution in [1.82, 2.24) is 9.58 Å². The van der Waals surface area contributed by atoms with Crippen molar-refractivity contribution in [3.8, 4) is 11.4 Å². The molecule has 40 heavy (non-hydrogen) atoms. The molecule has 1 spiro atoms. The van der Waals surface area contributed by atoms with Gasteiger partial charge < -0.3 is 9.84 Å². The lowest BCUT2D eigenvalue weighted by Crippen LogP contribution is -2.58. The first kappa shape index (κ1) is 28.5. The molecule has 2 aliphatic rings. The molecule has 0 radical (unpaired) electrons. The number of para-hydroxylation sites is 2. The van der Waals surface area contributed by atoms with Gasteiger partial charge in [0.25, 0.3) is 0 Å². The summed E-state index contributed by atoms with van der Waals surface area (Å²) in [6.45, 7) is 4.19. The van der Waals surface area contributed by atoms with Gasteiger partial charge in [0.2, 0.25) is 0 Å². The molecule has 1 atom stereocenters. The van der Waals surface area contributed by atoms with Crippen LogP contribution >= 0.6 is 11.8 Å². The highest BCUT2D eigenvalue weighted by Crippen LogP contribution is 2.46. The highest BCUT2D eigenvalue weighted by atomic mass is 32.2. The van der Waals surface area contributed by atoms with Gasteiger partial charge >= 0.3 is 5.97 Å². The van der Waals surface area contributed by atoms with E-state index in [1.807, 2.05) is 35.5 Å². The van der Waals surface area contributed by atoms with Crippen molar-refractivity contribution >= 4 is 33.3 Å². The number of fused-ring (bicyclic) bond motifs is 4. The number of thioether (sulfide) groups is 1. The van der Waals surface area contributed by atoms with Crippen LogP contribution in [0, 0.1) is 5.95 Å². The lowest BCUT2D eigenvalue weighted by molar-refractivity contribution is -0.140. The van der Waals surface area contributed by atoms with E-state index in [-0.39, 0.29) is 10.8 Å². The SMILES string of the molecule is CSCC[C@@H](C(=O)O)N(c1ccc(S(=O)(=O)C(C)C)cc1)N1CCC2(CC1)Oc1ccccc1-n1c(F)ccc12. The van der Waals surface area contributed by atoms with Crippen molar-refractivity contribution in [2.75, 3.05) is 30.1 Å².